The molecule has 9 heteroatoms. The highest BCUT2D eigenvalue weighted by atomic mass is 32.2. The predicted octanol–water partition coefficient (Wildman–Crippen LogP) is 5.17. The highest BCUT2D eigenvalue weighted by molar-refractivity contribution is 7.92. The molecule has 0 aliphatic heterocycles. The monoisotopic (exact) mass is 579 g/mol. The van der Waals surface area contributed by atoms with Crippen LogP contribution in [0.4, 0.5) is 5.69 Å². The van der Waals surface area contributed by atoms with E-state index in [0.29, 0.717) is 25.3 Å². The van der Waals surface area contributed by atoms with Crippen molar-refractivity contribution in [1.82, 2.24) is 10.2 Å². The third kappa shape index (κ3) is 8.10. The van der Waals surface area contributed by atoms with Gasteiger partial charge in [-0.1, -0.05) is 75.4 Å². The van der Waals surface area contributed by atoms with Crippen molar-refractivity contribution >= 4 is 27.5 Å². The topological polar surface area (TPSA) is 96.0 Å². The highest BCUT2D eigenvalue weighted by Gasteiger charge is 2.34. The van der Waals surface area contributed by atoms with Gasteiger partial charge >= 0.3 is 0 Å². The molecule has 0 saturated carbocycles. The number of aryl methyl sites for hydroxylation is 1. The van der Waals surface area contributed by atoms with E-state index in [9.17, 15) is 18.0 Å². The zero-order valence-corrected chi connectivity index (χ0v) is 25.4. The normalized spacial score (nSPS) is 12.0. The molecule has 1 atom stereocenters. The minimum atomic E-state index is -4.17. The molecule has 0 bridgehead atoms. The van der Waals surface area contributed by atoms with Crippen molar-refractivity contribution in [3.63, 3.8) is 0 Å². The van der Waals surface area contributed by atoms with Crippen LogP contribution in [0, 0.1) is 12.8 Å². The lowest BCUT2D eigenvalue weighted by atomic mass is 10.1. The van der Waals surface area contributed by atoms with Crippen molar-refractivity contribution in [3.8, 4) is 5.75 Å². The summed E-state index contributed by atoms with van der Waals surface area (Å²) >= 11 is 0. The van der Waals surface area contributed by atoms with Gasteiger partial charge in [0.15, 0.2) is 0 Å². The van der Waals surface area contributed by atoms with Gasteiger partial charge in [-0.25, -0.2) is 8.42 Å². The van der Waals surface area contributed by atoms with Gasteiger partial charge in [-0.3, -0.25) is 13.9 Å². The molecule has 0 spiro atoms. The smallest absolute Gasteiger partial charge is 0.264 e. The number of carbonyl (C=O) groups excluding carboxylic acids is 2. The number of carbonyl (C=O) groups is 2. The zero-order chi connectivity index (χ0) is 30.0. The zero-order valence-electron chi connectivity index (χ0n) is 24.5. The first kappa shape index (κ1) is 31.7. The summed E-state index contributed by atoms with van der Waals surface area (Å²) in [5.74, 6) is -0.186. The minimum absolute atomic E-state index is 0.0475. The molecule has 41 heavy (non-hydrogen) atoms. The van der Waals surface area contributed by atoms with Gasteiger partial charge in [-0.05, 0) is 61.6 Å². The Morgan fingerprint density at radius 2 is 1.54 bits per heavy atom. The molecule has 0 unspecified atom stereocenters. The summed E-state index contributed by atoms with van der Waals surface area (Å²) in [5, 5.41) is 2.95. The number of nitrogens with zero attached hydrogens (tertiary/aromatic N) is 2. The average Bonchev–Trinajstić information content (AvgIpc) is 2.96. The van der Waals surface area contributed by atoms with Gasteiger partial charge in [0.1, 0.15) is 18.3 Å². The van der Waals surface area contributed by atoms with Gasteiger partial charge in [0, 0.05) is 13.1 Å². The van der Waals surface area contributed by atoms with Crippen LogP contribution in [0.3, 0.4) is 0 Å². The first-order valence-electron chi connectivity index (χ1n) is 14.0. The Morgan fingerprint density at radius 1 is 0.902 bits per heavy atom. The summed E-state index contributed by atoms with van der Waals surface area (Å²) in [7, 11) is -4.17. The summed E-state index contributed by atoms with van der Waals surface area (Å²) in [6.07, 6.45) is 0.364. The second-order valence-corrected chi connectivity index (χ2v) is 12.1. The van der Waals surface area contributed by atoms with Crippen molar-refractivity contribution < 1.29 is 22.7 Å². The third-order valence-corrected chi connectivity index (χ3v) is 8.49. The summed E-state index contributed by atoms with van der Waals surface area (Å²) in [4.78, 5) is 29.1. The number of benzene rings is 3. The van der Waals surface area contributed by atoms with Gasteiger partial charge in [-0.2, -0.15) is 0 Å². The van der Waals surface area contributed by atoms with Crippen LogP contribution >= 0.6 is 0 Å². The maximum Gasteiger partial charge on any atom is 0.264 e. The lowest BCUT2D eigenvalue weighted by Crippen LogP contribution is -2.52. The molecule has 3 aromatic carbocycles. The van der Waals surface area contributed by atoms with Crippen molar-refractivity contribution in [2.45, 2.75) is 58.5 Å². The van der Waals surface area contributed by atoms with Crippen LogP contribution in [0.25, 0.3) is 0 Å². The standard InChI is InChI=1S/C32H41N3O5S/c1-6-28(32(37)33-21-24(3)4)34(22-26-16-12-11-15-25(26)5)31(36)23-35(29-19-13-14-20-30(29)40-7-2)41(38,39)27-17-9-8-10-18-27/h8-20,24,28H,6-7,21-23H2,1-5H3,(H,33,37)/t28-/m1/s1. The summed E-state index contributed by atoms with van der Waals surface area (Å²) in [6, 6.07) is 21.6. The summed E-state index contributed by atoms with van der Waals surface area (Å²) in [5.41, 5.74) is 2.10. The largest absolute Gasteiger partial charge is 0.492 e. The molecule has 0 radical (unpaired) electrons. The van der Waals surface area contributed by atoms with E-state index in [4.69, 9.17) is 4.74 Å². The summed E-state index contributed by atoms with van der Waals surface area (Å²) in [6.45, 7) is 10.0. The Hall–Kier alpha value is -3.85. The molecule has 0 aliphatic carbocycles. The molecule has 3 aromatic rings. The number of nitrogens with one attached hydrogen (secondary N) is 1. The van der Waals surface area contributed by atoms with E-state index in [0.717, 1.165) is 15.4 Å². The molecule has 0 heterocycles. The maximum atomic E-state index is 14.2. The third-order valence-electron chi connectivity index (χ3n) is 6.72. The predicted molar refractivity (Wildman–Crippen MR) is 162 cm³/mol. The molecule has 0 fully saturated rings. The fraction of sp³-hybridized carbons (Fsp3) is 0.375. The first-order chi connectivity index (χ1) is 19.6. The second kappa shape index (κ2) is 14.7. The number of hydrogen-bond donors (Lipinski definition) is 1. The minimum Gasteiger partial charge on any atom is -0.492 e. The van der Waals surface area contributed by atoms with Crippen molar-refractivity contribution in [2.24, 2.45) is 5.92 Å². The molecule has 0 aromatic heterocycles. The van der Waals surface area contributed by atoms with E-state index >= 15 is 0 Å². The lowest BCUT2D eigenvalue weighted by molar-refractivity contribution is -0.140. The molecule has 0 saturated heterocycles. The van der Waals surface area contributed by atoms with Crippen LogP contribution < -0.4 is 14.4 Å². The van der Waals surface area contributed by atoms with E-state index in [-0.39, 0.29) is 29.0 Å². The van der Waals surface area contributed by atoms with Crippen LogP contribution in [-0.2, 0) is 26.2 Å². The van der Waals surface area contributed by atoms with E-state index in [1.165, 1.54) is 17.0 Å². The molecule has 220 valence electrons. The lowest BCUT2D eigenvalue weighted by Gasteiger charge is -2.34. The molecule has 3 rings (SSSR count). The number of amides is 2. The van der Waals surface area contributed by atoms with Crippen LogP contribution in [-0.4, -0.2) is 50.9 Å². The van der Waals surface area contributed by atoms with Crippen molar-refractivity contribution in [2.75, 3.05) is 24.0 Å². The Balaban J connectivity index is 2.09. The SMILES string of the molecule is CCOc1ccccc1N(CC(=O)N(Cc1ccccc1C)[C@H](CC)C(=O)NCC(C)C)S(=O)(=O)c1ccccc1. The van der Waals surface area contributed by atoms with E-state index in [1.54, 1.807) is 42.5 Å². The first-order valence-corrected chi connectivity index (χ1v) is 15.4. The van der Waals surface area contributed by atoms with Crippen LogP contribution in [0.1, 0.15) is 45.2 Å². The molecule has 1 N–H and O–H groups in total. The number of sulfonamides is 1. The maximum absolute atomic E-state index is 14.2. The van der Waals surface area contributed by atoms with Crippen LogP contribution in [0.15, 0.2) is 83.8 Å². The van der Waals surface area contributed by atoms with Crippen molar-refractivity contribution in [1.29, 1.82) is 0 Å². The van der Waals surface area contributed by atoms with E-state index < -0.39 is 28.5 Å². The van der Waals surface area contributed by atoms with Crippen LogP contribution in [0.2, 0.25) is 0 Å². The molecule has 8 nitrogen and oxygen atoms in total. The van der Waals surface area contributed by atoms with Gasteiger partial charge < -0.3 is 15.0 Å². The van der Waals surface area contributed by atoms with Gasteiger partial charge in [0.2, 0.25) is 11.8 Å². The van der Waals surface area contributed by atoms with E-state index in [2.05, 4.69) is 5.32 Å². The molecular weight excluding hydrogens is 538 g/mol. The number of anilines is 1. The number of rotatable bonds is 14. The fourth-order valence-corrected chi connectivity index (χ4v) is 5.93. The van der Waals surface area contributed by atoms with Crippen LogP contribution in [0.5, 0.6) is 5.75 Å². The molecular formula is C32H41N3O5S. The van der Waals surface area contributed by atoms with E-state index in [1.807, 2.05) is 58.9 Å². The molecule has 0 aliphatic rings. The van der Waals surface area contributed by atoms with Gasteiger partial charge in [0.25, 0.3) is 10.0 Å². The summed E-state index contributed by atoms with van der Waals surface area (Å²) < 4.78 is 34.9. The Kier molecular flexibility index (Phi) is 11.3. The number of ether oxygens (including phenoxy) is 1. The van der Waals surface area contributed by atoms with Gasteiger partial charge in [-0.15, -0.1) is 0 Å². The highest BCUT2D eigenvalue weighted by Crippen LogP contribution is 2.33. The Bertz CT molecular complexity index is 1410. The Morgan fingerprint density at radius 3 is 2.17 bits per heavy atom. The number of para-hydroxylation sites is 2. The van der Waals surface area contributed by atoms with Gasteiger partial charge in [0.05, 0.1) is 17.2 Å². The fourth-order valence-electron chi connectivity index (χ4n) is 4.49. The number of hydrogen-bond acceptors (Lipinski definition) is 5. The van der Waals surface area contributed by atoms with Crippen molar-refractivity contribution in [3.05, 3.63) is 90.0 Å². The molecule has 2 amide bonds. The second-order valence-electron chi connectivity index (χ2n) is 10.2. The quantitative estimate of drug-likeness (QED) is 0.284. The average molecular weight is 580 g/mol. The Labute approximate surface area is 244 Å².